The van der Waals surface area contributed by atoms with E-state index in [1.54, 1.807) is 0 Å². The van der Waals surface area contributed by atoms with Crippen molar-refractivity contribution in [2.75, 3.05) is 20.8 Å². The van der Waals surface area contributed by atoms with Crippen LogP contribution < -0.4 is 10.1 Å². The van der Waals surface area contributed by atoms with Crippen LogP contribution in [0.1, 0.15) is 17.5 Å². The van der Waals surface area contributed by atoms with E-state index in [1.165, 1.54) is 19.2 Å². The van der Waals surface area contributed by atoms with Crippen molar-refractivity contribution in [3.8, 4) is 5.75 Å². The third-order valence-corrected chi connectivity index (χ3v) is 5.48. The van der Waals surface area contributed by atoms with Crippen molar-refractivity contribution in [1.82, 2.24) is 10.2 Å². The zero-order chi connectivity index (χ0) is 23.3. The van der Waals surface area contributed by atoms with Gasteiger partial charge in [-0.15, -0.1) is 0 Å². The molecule has 4 atom stereocenters. The Morgan fingerprint density at radius 1 is 1.19 bits per heavy atom. The fraction of sp³-hybridized carbons (Fsp3) is 0.435. The molecule has 2 N–H and O–H groups in total. The van der Waals surface area contributed by atoms with Crippen molar-refractivity contribution >= 4 is 5.91 Å². The molecule has 9 heteroatoms. The fourth-order valence-electron chi connectivity index (χ4n) is 4.09. The lowest BCUT2D eigenvalue weighted by molar-refractivity contribution is -0.137. The molecule has 0 spiro atoms. The van der Waals surface area contributed by atoms with E-state index in [0.29, 0.717) is 6.54 Å². The molecule has 1 fully saturated rings. The molecule has 0 aromatic heterocycles. The summed E-state index contributed by atoms with van der Waals surface area (Å²) in [4.78, 5) is 14.1. The van der Waals surface area contributed by atoms with Crippen LogP contribution in [-0.2, 0) is 22.3 Å². The summed E-state index contributed by atoms with van der Waals surface area (Å²) >= 11 is 0. The van der Waals surface area contributed by atoms with Gasteiger partial charge in [-0.05, 0) is 30.8 Å². The quantitative estimate of drug-likeness (QED) is 0.645. The number of aliphatic hydroxyl groups excluding tert-OH is 1. The smallest absolute Gasteiger partial charge is 0.416 e. The van der Waals surface area contributed by atoms with Crippen LogP contribution in [0.2, 0.25) is 0 Å². The minimum Gasteiger partial charge on any atom is -0.488 e. The molecular formula is C23H27F3N2O4. The normalized spacial score (nSPS) is 23.3. The van der Waals surface area contributed by atoms with Crippen LogP contribution in [0, 0.1) is 0 Å². The number of nitrogens with zero attached hydrogens (tertiary/aromatic N) is 1. The summed E-state index contributed by atoms with van der Waals surface area (Å²) in [6.07, 6.45) is -6.10. The van der Waals surface area contributed by atoms with Crippen LogP contribution in [0.3, 0.4) is 0 Å². The van der Waals surface area contributed by atoms with E-state index in [4.69, 9.17) is 9.47 Å². The van der Waals surface area contributed by atoms with Gasteiger partial charge in [-0.1, -0.05) is 36.4 Å². The van der Waals surface area contributed by atoms with E-state index in [0.717, 1.165) is 17.7 Å². The van der Waals surface area contributed by atoms with E-state index >= 15 is 0 Å². The van der Waals surface area contributed by atoms with Gasteiger partial charge >= 0.3 is 6.18 Å². The van der Waals surface area contributed by atoms with Crippen molar-refractivity contribution in [2.45, 2.75) is 43.4 Å². The summed E-state index contributed by atoms with van der Waals surface area (Å²) < 4.78 is 49.8. The second-order valence-electron chi connectivity index (χ2n) is 7.91. The number of rotatable bonds is 8. The highest BCUT2D eigenvalue weighted by atomic mass is 19.4. The number of hydrogen-bond donors (Lipinski definition) is 2. The number of nitrogens with one attached hydrogen (secondary N) is 1. The van der Waals surface area contributed by atoms with E-state index in [9.17, 15) is 23.1 Å². The molecule has 0 bridgehead atoms. The number of likely N-dealkylation sites (N-methyl/N-ethyl adjacent to an activating group) is 1. The lowest BCUT2D eigenvalue weighted by Crippen LogP contribution is -2.52. The number of carbonyl (C=O) groups excluding carboxylic acids is 1. The number of ether oxygens (including phenoxy) is 2. The van der Waals surface area contributed by atoms with Gasteiger partial charge in [0.15, 0.2) is 0 Å². The van der Waals surface area contributed by atoms with E-state index in [1.807, 2.05) is 42.3 Å². The molecule has 1 aliphatic carbocycles. The predicted octanol–water partition coefficient (Wildman–Crippen LogP) is 2.85. The average Bonchev–Trinajstić information content (AvgIpc) is 3.03. The Morgan fingerprint density at radius 2 is 1.91 bits per heavy atom. The first-order valence-electron chi connectivity index (χ1n) is 10.2. The highest BCUT2D eigenvalue weighted by molar-refractivity contribution is 5.77. The fourth-order valence-corrected chi connectivity index (χ4v) is 4.09. The van der Waals surface area contributed by atoms with Crippen LogP contribution >= 0.6 is 0 Å². The third kappa shape index (κ3) is 5.99. The largest absolute Gasteiger partial charge is 0.488 e. The maximum absolute atomic E-state index is 13.0. The van der Waals surface area contributed by atoms with Gasteiger partial charge in [-0.3, -0.25) is 9.69 Å². The molecule has 2 aromatic rings. The highest BCUT2D eigenvalue weighted by Crippen LogP contribution is 2.34. The van der Waals surface area contributed by atoms with Gasteiger partial charge < -0.3 is 19.9 Å². The number of carbonyl (C=O) groups is 1. The van der Waals surface area contributed by atoms with Crippen LogP contribution in [0.25, 0.3) is 0 Å². The molecule has 1 amide bonds. The standard InChI is InChI=1S/C23H27F3N2O4/c1-28(13-15-7-4-3-5-8-15)21-18(27-20(29)14-31-2)12-19(22(21)30)32-17-10-6-9-16(11-17)23(24,25)26/h3-11,18-19,21-22,30H,12-14H2,1-2H3,(H,27,29)/t18-,19-,21+,22+/m1/s1. The van der Waals surface area contributed by atoms with Gasteiger partial charge in [0, 0.05) is 20.1 Å². The predicted molar refractivity (Wildman–Crippen MR) is 112 cm³/mol. The monoisotopic (exact) mass is 452 g/mol. The number of amides is 1. The molecule has 3 rings (SSSR count). The SMILES string of the molecule is COCC(=O)N[C@@H]1C[C@@H](Oc2cccc(C(F)(F)F)c2)[C@H](O)[C@H]1N(C)Cc1ccccc1. The zero-order valence-corrected chi connectivity index (χ0v) is 17.9. The first kappa shape index (κ1) is 24.0. The maximum Gasteiger partial charge on any atom is 0.416 e. The molecule has 1 saturated carbocycles. The van der Waals surface area contributed by atoms with Crippen LogP contribution in [0.4, 0.5) is 13.2 Å². The summed E-state index contributed by atoms with van der Waals surface area (Å²) in [6.45, 7) is 0.371. The van der Waals surface area contributed by atoms with Gasteiger partial charge in [0.1, 0.15) is 24.6 Å². The van der Waals surface area contributed by atoms with Crippen molar-refractivity contribution in [2.24, 2.45) is 0 Å². The highest BCUT2D eigenvalue weighted by Gasteiger charge is 2.46. The van der Waals surface area contributed by atoms with Crippen molar-refractivity contribution in [3.05, 3.63) is 65.7 Å². The topological polar surface area (TPSA) is 71.0 Å². The Balaban J connectivity index is 1.78. The molecule has 0 unspecified atom stereocenters. The summed E-state index contributed by atoms with van der Waals surface area (Å²) in [5.41, 5.74) is 0.191. The first-order valence-corrected chi connectivity index (χ1v) is 10.2. The van der Waals surface area contributed by atoms with Gasteiger partial charge in [-0.2, -0.15) is 13.2 Å². The minimum absolute atomic E-state index is 0.0113. The number of benzene rings is 2. The Hall–Kier alpha value is -2.62. The van der Waals surface area contributed by atoms with Gasteiger partial charge in [0.05, 0.1) is 17.6 Å². The summed E-state index contributed by atoms with van der Waals surface area (Å²) in [5, 5.41) is 13.9. The lowest BCUT2D eigenvalue weighted by Gasteiger charge is -2.32. The van der Waals surface area contributed by atoms with E-state index < -0.39 is 36.0 Å². The molecule has 32 heavy (non-hydrogen) atoms. The number of aliphatic hydroxyl groups is 1. The van der Waals surface area contributed by atoms with E-state index in [-0.39, 0.29) is 24.7 Å². The molecule has 174 valence electrons. The molecular weight excluding hydrogens is 425 g/mol. The Morgan fingerprint density at radius 3 is 2.56 bits per heavy atom. The Labute approximate surface area is 184 Å². The van der Waals surface area contributed by atoms with Crippen LogP contribution in [0.15, 0.2) is 54.6 Å². The van der Waals surface area contributed by atoms with Crippen molar-refractivity contribution in [1.29, 1.82) is 0 Å². The summed E-state index contributed by atoms with van der Waals surface area (Å²) in [6, 6.07) is 13.2. The Bertz CT molecular complexity index is 894. The van der Waals surface area contributed by atoms with Crippen LogP contribution in [0.5, 0.6) is 5.75 Å². The summed E-state index contributed by atoms with van der Waals surface area (Å²) in [5.74, 6) is -0.334. The molecule has 6 nitrogen and oxygen atoms in total. The Kier molecular flexibility index (Phi) is 7.76. The average molecular weight is 452 g/mol. The maximum atomic E-state index is 13.0. The molecule has 2 aromatic carbocycles. The first-order chi connectivity index (χ1) is 15.2. The number of alkyl halides is 3. The van der Waals surface area contributed by atoms with Crippen molar-refractivity contribution < 1.29 is 32.5 Å². The zero-order valence-electron chi connectivity index (χ0n) is 17.9. The van der Waals surface area contributed by atoms with Gasteiger partial charge in [0.2, 0.25) is 5.91 Å². The second kappa shape index (κ2) is 10.3. The number of hydrogen-bond acceptors (Lipinski definition) is 5. The minimum atomic E-state index is -4.50. The van der Waals surface area contributed by atoms with Crippen molar-refractivity contribution in [3.63, 3.8) is 0 Å². The van der Waals surface area contributed by atoms with Gasteiger partial charge in [0.25, 0.3) is 0 Å². The molecule has 0 saturated heterocycles. The molecule has 1 aliphatic rings. The number of methoxy groups -OCH3 is 1. The van der Waals surface area contributed by atoms with Gasteiger partial charge in [-0.25, -0.2) is 0 Å². The second-order valence-corrected chi connectivity index (χ2v) is 7.91. The molecule has 0 radical (unpaired) electrons. The third-order valence-electron chi connectivity index (χ3n) is 5.48. The summed E-state index contributed by atoms with van der Waals surface area (Å²) in [7, 11) is 3.23. The molecule has 0 heterocycles. The molecule has 0 aliphatic heterocycles. The lowest BCUT2D eigenvalue weighted by atomic mass is 10.1. The van der Waals surface area contributed by atoms with Crippen LogP contribution in [-0.4, -0.2) is 61.0 Å². The number of halogens is 3. The van der Waals surface area contributed by atoms with E-state index in [2.05, 4.69) is 5.32 Å².